The summed E-state index contributed by atoms with van der Waals surface area (Å²) < 4.78 is 22.9. The largest absolute Gasteiger partial charge is 0.352 e. The van der Waals surface area contributed by atoms with E-state index in [0.717, 1.165) is 0 Å². The van der Waals surface area contributed by atoms with E-state index in [-0.39, 0.29) is 5.82 Å². The molecule has 0 aliphatic heterocycles. The van der Waals surface area contributed by atoms with Crippen LogP contribution in [0.4, 0.5) is 4.39 Å². The smallest absolute Gasteiger partial charge is 0.184 e. The number of terminal acetylenes is 1. The fourth-order valence-corrected chi connectivity index (χ4v) is 1.21. The van der Waals surface area contributed by atoms with Gasteiger partial charge in [0.25, 0.3) is 0 Å². The molecule has 1 aromatic rings. The summed E-state index contributed by atoms with van der Waals surface area (Å²) in [5, 5.41) is 0. The van der Waals surface area contributed by atoms with Crippen LogP contribution in [0.1, 0.15) is 17.4 Å². The Hall–Kier alpha value is -1.37. The van der Waals surface area contributed by atoms with Crippen molar-refractivity contribution in [1.29, 1.82) is 0 Å². The molecule has 0 radical (unpaired) electrons. The van der Waals surface area contributed by atoms with Gasteiger partial charge < -0.3 is 9.47 Å². The monoisotopic (exact) mass is 194 g/mol. The Morgan fingerprint density at radius 3 is 2.50 bits per heavy atom. The van der Waals surface area contributed by atoms with Gasteiger partial charge >= 0.3 is 0 Å². The topological polar surface area (TPSA) is 18.5 Å². The summed E-state index contributed by atoms with van der Waals surface area (Å²) in [6.07, 6.45) is 4.68. The molecular formula is C11H11FO2. The maximum absolute atomic E-state index is 12.8. The van der Waals surface area contributed by atoms with Crippen LogP contribution in [-0.4, -0.2) is 14.2 Å². The van der Waals surface area contributed by atoms with Crippen LogP contribution in [-0.2, 0) is 9.47 Å². The van der Waals surface area contributed by atoms with Gasteiger partial charge in [0.2, 0.25) is 0 Å². The molecule has 0 saturated heterocycles. The molecule has 3 heteroatoms. The molecule has 0 N–H and O–H groups in total. The highest BCUT2D eigenvalue weighted by Gasteiger charge is 2.13. The van der Waals surface area contributed by atoms with Crippen molar-refractivity contribution in [3.8, 4) is 12.3 Å². The van der Waals surface area contributed by atoms with Gasteiger partial charge in [-0.2, -0.15) is 0 Å². The Morgan fingerprint density at radius 1 is 1.36 bits per heavy atom. The van der Waals surface area contributed by atoms with Gasteiger partial charge in [0.1, 0.15) is 5.82 Å². The van der Waals surface area contributed by atoms with E-state index in [1.165, 1.54) is 26.4 Å². The van der Waals surface area contributed by atoms with Crippen LogP contribution in [0.2, 0.25) is 0 Å². The summed E-state index contributed by atoms with van der Waals surface area (Å²) in [6.45, 7) is 0. The number of benzene rings is 1. The molecule has 0 aliphatic rings. The second kappa shape index (κ2) is 4.75. The van der Waals surface area contributed by atoms with Gasteiger partial charge in [-0.3, -0.25) is 0 Å². The summed E-state index contributed by atoms with van der Waals surface area (Å²) in [5.41, 5.74) is 1.10. The van der Waals surface area contributed by atoms with Gasteiger partial charge in [-0.05, 0) is 18.2 Å². The van der Waals surface area contributed by atoms with Crippen LogP contribution in [0.3, 0.4) is 0 Å². The molecule has 0 saturated carbocycles. The zero-order valence-electron chi connectivity index (χ0n) is 8.08. The van der Waals surface area contributed by atoms with Crippen molar-refractivity contribution in [3.05, 3.63) is 35.1 Å². The lowest BCUT2D eigenvalue weighted by Gasteiger charge is -2.15. The molecule has 1 aromatic carbocycles. The Bertz CT molecular complexity index is 351. The number of hydrogen-bond acceptors (Lipinski definition) is 2. The predicted octanol–water partition coefficient (Wildman–Crippen LogP) is 2.10. The first-order chi connectivity index (χ1) is 6.72. The fraction of sp³-hybridized carbons (Fsp3) is 0.273. The normalized spacial score (nSPS) is 10.2. The molecule has 0 aliphatic carbocycles. The van der Waals surface area contributed by atoms with Gasteiger partial charge in [-0.1, -0.05) is 5.92 Å². The lowest BCUT2D eigenvalue weighted by Crippen LogP contribution is -2.06. The van der Waals surface area contributed by atoms with Gasteiger partial charge in [0.05, 0.1) is 0 Å². The minimum Gasteiger partial charge on any atom is -0.352 e. The quantitative estimate of drug-likeness (QED) is 0.542. The van der Waals surface area contributed by atoms with Crippen molar-refractivity contribution in [1.82, 2.24) is 0 Å². The van der Waals surface area contributed by atoms with Crippen LogP contribution in [0.15, 0.2) is 18.2 Å². The van der Waals surface area contributed by atoms with Crippen molar-refractivity contribution >= 4 is 0 Å². The average Bonchev–Trinajstić information content (AvgIpc) is 2.21. The van der Waals surface area contributed by atoms with E-state index in [1.807, 2.05) is 0 Å². The molecule has 1 rings (SSSR count). The van der Waals surface area contributed by atoms with Crippen LogP contribution in [0, 0.1) is 18.2 Å². The molecule has 0 spiro atoms. The van der Waals surface area contributed by atoms with Crippen molar-refractivity contribution in [2.45, 2.75) is 6.29 Å². The minimum absolute atomic E-state index is 0.368. The molecule has 0 aromatic heterocycles. The molecule has 0 atom stereocenters. The predicted molar refractivity (Wildman–Crippen MR) is 51.1 cm³/mol. The van der Waals surface area contributed by atoms with Gasteiger partial charge in [-0.15, -0.1) is 6.42 Å². The summed E-state index contributed by atoms with van der Waals surface area (Å²) >= 11 is 0. The summed E-state index contributed by atoms with van der Waals surface area (Å²) in [5.74, 6) is 2.02. The Labute approximate surface area is 82.6 Å². The maximum atomic E-state index is 12.8. The molecule has 14 heavy (non-hydrogen) atoms. The number of halogens is 1. The van der Waals surface area contributed by atoms with Crippen molar-refractivity contribution in [3.63, 3.8) is 0 Å². The molecule has 74 valence electrons. The molecule has 0 unspecified atom stereocenters. The van der Waals surface area contributed by atoms with E-state index in [4.69, 9.17) is 15.9 Å². The van der Waals surface area contributed by atoms with E-state index in [2.05, 4.69) is 5.92 Å². The standard InChI is InChI=1S/C11H11FO2/c1-4-8-7-9(12)5-6-10(8)11(13-2)14-3/h1,5-7,11H,2-3H3. The zero-order chi connectivity index (χ0) is 10.6. The molecule has 0 amide bonds. The first-order valence-electron chi connectivity index (χ1n) is 4.04. The number of ether oxygens (including phenoxy) is 2. The first-order valence-corrected chi connectivity index (χ1v) is 4.04. The van der Waals surface area contributed by atoms with E-state index < -0.39 is 6.29 Å². The highest BCUT2D eigenvalue weighted by atomic mass is 19.1. The van der Waals surface area contributed by atoms with E-state index in [9.17, 15) is 4.39 Å². The number of rotatable bonds is 3. The van der Waals surface area contributed by atoms with Crippen molar-refractivity contribution in [2.24, 2.45) is 0 Å². The van der Waals surface area contributed by atoms with E-state index in [0.29, 0.717) is 11.1 Å². The van der Waals surface area contributed by atoms with Crippen molar-refractivity contribution in [2.75, 3.05) is 14.2 Å². The summed E-state index contributed by atoms with van der Waals surface area (Å²) in [4.78, 5) is 0. The molecule has 0 bridgehead atoms. The van der Waals surface area contributed by atoms with E-state index >= 15 is 0 Å². The summed E-state index contributed by atoms with van der Waals surface area (Å²) in [7, 11) is 3.00. The first kappa shape index (κ1) is 10.7. The van der Waals surface area contributed by atoms with Gasteiger partial charge in [0, 0.05) is 25.3 Å². The second-order valence-electron chi connectivity index (χ2n) is 2.68. The van der Waals surface area contributed by atoms with Crippen molar-refractivity contribution < 1.29 is 13.9 Å². The highest BCUT2D eigenvalue weighted by molar-refractivity contribution is 5.40. The third kappa shape index (κ3) is 2.11. The Balaban J connectivity index is 3.14. The third-order valence-corrected chi connectivity index (χ3v) is 1.85. The SMILES string of the molecule is C#Cc1cc(F)ccc1C(OC)OC. The zero-order valence-corrected chi connectivity index (χ0v) is 8.08. The molecule has 0 fully saturated rings. The minimum atomic E-state index is -0.554. The van der Waals surface area contributed by atoms with Gasteiger partial charge in [0.15, 0.2) is 6.29 Å². The van der Waals surface area contributed by atoms with E-state index in [1.54, 1.807) is 6.07 Å². The Morgan fingerprint density at radius 2 is 2.00 bits per heavy atom. The lowest BCUT2D eigenvalue weighted by molar-refractivity contribution is -0.106. The van der Waals surface area contributed by atoms with Crippen LogP contribution < -0.4 is 0 Å². The molecule has 0 heterocycles. The van der Waals surface area contributed by atoms with Gasteiger partial charge in [-0.25, -0.2) is 4.39 Å². The maximum Gasteiger partial charge on any atom is 0.184 e. The average molecular weight is 194 g/mol. The fourth-order valence-electron chi connectivity index (χ4n) is 1.21. The highest BCUT2D eigenvalue weighted by Crippen LogP contribution is 2.21. The Kier molecular flexibility index (Phi) is 3.63. The summed E-state index contributed by atoms with van der Waals surface area (Å²) in [6, 6.07) is 4.16. The number of methoxy groups -OCH3 is 2. The molecule has 2 nitrogen and oxygen atoms in total. The van der Waals surface area contributed by atoms with Crippen LogP contribution in [0.25, 0.3) is 0 Å². The van der Waals surface area contributed by atoms with Crippen LogP contribution in [0.5, 0.6) is 0 Å². The van der Waals surface area contributed by atoms with Crippen LogP contribution >= 0.6 is 0 Å². The number of hydrogen-bond donors (Lipinski definition) is 0. The molecular weight excluding hydrogens is 183 g/mol. The second-order valence-corrected chi connectivity index (χ2v) is 2.68. The third-order valence-electron chi connectivity index (χ3n) is 1.85. The lowest BCUT2D eigenvalue weighted by atomic mass is 10.1.